The number of fused-ring (bicyclic) bond motifs is 1. The van der Waals surface area contributed by atoms with Gasteiger partial charge in [-0.15, -0.1) is 0 Å². The van der Waals surface area contributed by atoms with Gasteiger partial charge in [-0.1, -0.05) is 13.0 Å². The van der Waals surface area contributed by atoms with Crippen LogP contribution in [0.3, 0.4) is 0 Å². The molecule has 1 aromatic carbocycles. The van der Waals surface area contributed by atoms with E-state index in [1.807, 2.05) is 6.21 Å². The van der Waals surface area contributed by atoms with Gasteiger partial charge in [-0.2, -0.15) is 0 Å². The molecule has 0 N–H and O–H groups in total. The van der Waals surface area contributed by atoms with Crippen LogP contribution in [-0.4, -0.2) is 12.3 Å². The average Bonchev–Trinajstić information content (AvgIpc) is 2.19. The fourth-order valence-electron chi connectivity index (χ4n) is 1.94. The Morgan fingerprint density at radius 1 is 1.29 bits per heavy atom. The normalized spacial score (nSPS) is 19.5. The first-order valence-electron chi connectivity index (χ1n) is 5.34. The molecule has 1 heterocycles. The van der Waals surface area contributed by atoms with Gasteiger partial charge in [-0.3, -0.25) is 4.99 Å². The van der Waals surface area contributed by atoms with Crippen molar-refractivity contribution in [2.75, 3.05) is 0 Å². The summed E-state index contributed by atoms with van der Waals surface area (Å²) < 4.78 is 0. The van der Waals surface area contributed by atoms with Crippen LogP contribution in [0, 0.1) is 13.8 Å². The van der Waals surface area contributed by atoms with Crippen molar-refractivity contribution in [2.45, 2.75) is 39.7 Å². The topological polar surface area (TPSA) is 12.4 Å². The number of hydrogen-bond donors (Lipinski definition) is 0. The number of rotatable bonds is 1. The molecule has 14 heavy (non-hydrogen) atoms. The van der Waals surface area contributed by atoms with E-state index in [2.05, 4.69) is 37.9 Å². The molecule has 1 aliphatic rings. The lowest BCUT2D eigenvalue weighted by Crippen LogP contribution is -2.14. The molecule has 0 spiro atoms. The van der Waals surface area contributed by atoms with E-state index in [0.717, 1.165) is 12.8 Å². The molecule has 1 aromatic rings. The minimum absolute atomic E-state index is 0.504. The molecular weight excluding hydrogens is 170 g/mol. The van der Waals surface area contributed by atoms with Crippen molar-refractivity contribution in [1.29, 1.82) is 0 Å². The zero-order valence-corrected chi connectivity index (χ0v) is 9.17. The predicted molar refractivity (Wildman–Crippen MR) is 61.3 cm³/mol. The van der Waals surface area contributed by atoms with Crippen LogP contribution in [0.5, 0.6) is 0 Å². The highest BCUT2D eigenvalue weighted by Gasteiger charge is 2.13. The van der Waals surface area contributed by atoms with E-state index in [1.54, 1.807) is 0 Å². The Hall–Kier alpha value is -1.11. The molecule has 1 aliphatic heterocycles. The summed E-state index contributed by atoms with van der Waals surface area (Å²) in [5.41, 5.74) is 5.55. The second kappa shape index (κ2) is 3.56. The second-order valence-electron chi connectivity index (χ2n) is 4.18. The molecule has 0 aromatic heterocycles. The molecule has 0 saturated carbocycles. The molecule has 0 radical (unpaired) electrons. The summed E-state index contributed by atoms with van der Waals surface area (Å²) in [6, 6.07) is 5.07. The van der Waals surface area contributed by atoms with Crippen LogP contribution in [0.4, 0.5) is 0 Å². The fraction of sp³-hybridized carbons (Fsp3) is 0.462. The summed E-state index contributed by atoms with van der Waals surface area (Å²) in [6.45, 7) is 6.55. The smallest absolute Gasteiger partial charge is 0.0537 e. The average molecular weight is 187 g/mol. The van der Waals surface area contributed by atoms with Crippen molar-refractivity contribution >= 4 is 6.21 Å². The lowest BCUT2D eigenvalue weighted by molar-refractivity contribution is 0.643. The third-order valence-corrected chi connectivity index (χ3v) is 3.11. The van der Waals surface area contributed by atoms with Gasteiger partial charge in [0.15, 0.2) is 0 Å². The van der Waals surface area contributed by atoms with Crippen LogP contribution < -0.4 is 0 Å². The van der Waals surface area contributed by atoms with Gasteiger partial charge in [-0.05, 0) is 55.0 Å². The molecule has 0 saturated heterocycles. The van der Waals surface area contributed by atoms with E-state index >= 15 is 0 Å². The van der Waals surface area contributed by atoms with E-state index in [9.17, 15) is 0 Å². The molecule has 0 unspecified atom stereocenters. The molecule has 74 valence electrons. The van der Waals surface area contributed by atoms with Gasteiger partial charge < -0.3 is 0 Å². The van der Waals surface area contributed by atoms with Gasteiger partial charge in [0.1, 0.15) is 0 Å². The quantitative estimate of drug-likeness (QED) is 0.640. The van der Waals surface area contributed by atoms with Gasteiger partial charge in [0.05, 0.1) is 6.04 Å². The summed E-state index contributed by atoms with van der Waals surface area (Å²) in [4.78, 5) is 4.54. The van der Waals surface area contributed by atoms with Crippen molar-refractivity contribution in [2.24, 2.45) is 4.99 Å². The summed E-state index contributed by atoms with van der Waals surface area (Å²) in [5, 5.41) is 0. The van der Waals surface area contributed by atoms with Gasteiger partial charge in [-0.25, -0.2) is 0 Å². The van der Waals surface area contributed by atoms with Crippen LogP contribution in [0.2, 0.25) is 0 Å². The SMILES string of the molecule is CC[C@@H]1Cc2cc(C)c(C)cc2C=N1. The Kier molecular flexibility index (Phi) is 2.40. The third kappa shape index (κ3) is 1.59. The van der Waals surface area contributed by atoms with Crippen LogP contribution in [0.25, 0.3) is 0 Å². The molecular formula is C13H17N. The Labute approximate surface area is 85.9 Å². The van der Waals surface area contributed by atoms with Crippen molar-refractivity contribution in [3.05, 3.63) is 34.4 Å². The molecule has 2 rings (SSSR count). The number of nitrogens with zero attached hydrogens (tertiary/aromatic N) is 1. The van der Waals surface area contributed by atoms with Crippen molar-refractivity contribution in [1.82, 2.24) is 0 Å². The summed E-state index contributed by atoms with van der Waals surface area (Å²) in [7, 11) is 0. The molecule has 1 heteroatoms. The molecule has 0 aliphatic carbocycles. The molecule has 1 atom stereocenters. The maximum Gasteiger partial charge on any atom is 0.0537 e. The second-order valence-corrected chi connectivity index (χ2v) is 4.18. The van der Waals surface area contributed by atoms with Gasteiger partial charge in [0, 0.05) is 6.21 Å². The van der Waals surface area contributed by atoms with E-state index in [1.165, 1.54) is 22.3 Å². The Morgan fingerprint density at radius 2 is 2.00 bits per heavy atom. The van der Waals surface area contributed by atoms with Crippen molar-refractivity contribution < 1.29 is 0 Å². The lowest BCUT2D eigenvalue weighted by atomic mass is 9.93. The highest BCUT2D eigenvalue weighted by Crippen LogP contribution is 2.21. The molecule has 0 bridgehead atoms. The third-order valence-electron chi connectivity index (χ3n) is 3.11. The van der Waals surface area contributed by atoms with Crippen molar-refractivity contribution in [3.63, 3.8) is 0 Å². The first kappa shape index (κ1) is 9.45. The lowest BCUT2D eigenvalue weighted by Gasteiger charge is -2.18. The van der Waals surface area contributed by atoms with Crippen LogP contribution in [0.1, 0.15) is 35.6 Å². The predicted octanol–water partition coefficient (Wildman–Crippen LogP) is 3.06. The Bertz CT molecular complexity index is 377. The number of hydrogen-bond acceptors (Lipinski definition) is 1. The number of aryl methyl sites for hydroxylation is 2. The fourth-order valence-corrected chi connectivity index (χ4v) is 1.94. The maximum atomic E-state index is 4.54. The van der Waals surface area contributed by atoms with Gasteiger partial charge in [0.25, 0.3) is 0 Å². The Balaban J connectivity index is 2.41. The molecule has 0 fully saturated rings. The standard InChI is InChI=1S/C13H17N/c1-4-13-7-11-5-9(2)10(3)6-12(11)8-14-13/h5-6,8,13H,4,7H2,1-3H3/t13-/m1/s1. The van der Waals surface area contributed by atoms with E-state index in [0.29, 0.717) is 6.04 Å². The summed E-state index contributed by atoms with van der Waals surface area (Å²) >= 11 is 0. The highest BCUT2D eigenvalue weighted by molar-refractivity contribution is 5.83. The zero-order chi connectivity index (χ0) is 10.1. The minimum atomic E-state index is 0.504. The zero-order valence-electron chi connectivity index (χ0n) is 9.17. The first-order chi connectivity index (χ1) is 6.70. The van der Waals surface area contributed by atoms with E-state index in [-0.39, 0.29) is 0 Å². The minimum Gasteiger partial charge on any atom is -0.289 e. The first-order valence-corrected chi connectivity index (χ1v) is 5.34. The summed E-state index contributed by atoms with van der Waals surface area (Å²) in [6.07, 6.45) is 4.30. The highest BCUT2D eigenvalue weighted by atomic mass is 14.8. The van der Waals surface area contributed by atoms with Crippen LogP contribution >= 0.6 is 0 Å². The summed E-state index contributed by atoms with van der Waals surface area (Å²) in [5.74, 6) is 0. The Morgan fingerprint density at radius 3 is 2.71 bits per heavy atom. The maximum absolute atomic E-state index is 4.54. The largest absolute Gasteiger partial charge is 0.289 e. The molecule has 1 nitrogen and oxygen atoms in total. The van der Waals surface area contributed by atoms with Crippen molar-refractivity contribution in [3.8, 4) is 0 Å². The van der Waals surface area contributed by atoms with E-state index in [4.69, 9.17) is 0 Å². The molecule has 0 amide bonds. The van der Waals surface area contributed by atoms with Crippen LogP contribution in [-0.2, 0) is 6.42 Å². The monoisotopic (exact) mass is 187 g/mol. The number of benzene rings is 1. The number of aliphatic imine (C=N–C) groups is 1. The van der Waals surface area contributed by atoms with Crippen LogP contribution in [0.15, 0.2) is 17.1 Å². The van der Waals surface area contributed by atoms with Gasteiger partial charge in [0.2, 0.25) is 0 Å². The van der Waals surface area contributed by atoms with Gasteiger partial charge >= 0.3 is 0 Å². The van der Waals surface area contributed by atoms with E-state index < -0.39 is 0 Å².